The van der Waals surface area contributed by atoms with E-state index in [-0.39, 0.29) is 11.3 Å². The summed E-state index contributed by atoms with van der Waals surface area (Å²) in [4.78, 5) is 38.6. The van der Waals surface area contributed by atoms with Crippen LogP contribution in [0.2, 0.25) is 0 Å². The number of hydrogen-bond acceptors (Lipinski definition) is 7. The topological polar surface area (TPSA) is 114 Å². The molecule has 2 saturated heterocycles. The first-order valence-electron chi connectivity index (χ1n) is 10.2. The number of carbonyl (C=O) groups is 2. The Morgan fingerprint density at radius 1 is 1.18 bits per heavy atom. The van der Waals surface area contributed by atoms with Crippen molar-refractivity contribution in [3.05, 3.63) is 42.5 Å². The summed E-state index contributed by atoms with van der Waals surface area (Å²) in [7, 11) is 2.02. The molecule has 2 aromatic heterocycles. The molecule has 4 rings (SSSR count). The number of alkyl halides is 3. The Kier molecular flexibility index (Phi) is 7.64. The van der Waals surface area contributed by atoms with Crippen LogP contribution in [0.3, 0.4) is 0 Å². The van der Waals surface area contributed by atoms with E-state index >= 15 is 0 Å². The molecule has 1 unspecified atom stereocenters. The van der Waals surface area contributed by atoms with E-state index in [0.29, 0.717) is 32.0 Å². The molecule has 4 heterocycles. The quantitative estimate of drug-likeness (QED) is 0.712. The Morgan fingerprint density at radius 3 is 2.55 bits per heavy atom. The fourth-order valence-electron chi connectivity index (χ4n) is 3.90. The number of ether oxygens (including phenoxy) is 1. The molecule has 2 aromatic rings. The van der Waals surface area contributed by atoms with Crippen LogP contribution in [-0.2, 0) is 23.1 Å². The van der Waals surface area contributed by atoms with E-state index in [4.69, 9.17) is 14.6 Å². The van der Waals surface area contributed by atoms with Crippen molar-refractivity contribution in [1.82, 2.24) is 29.3 Å². The van der Waals surface area contributed by atoms with Crippen LogP contribution in [-0.4, -0.2) is 91.9 Å². The fraction of sp³-hybridized carbons (Fsp3) is 0.550. The number of hydrogen-bond donors (Lipinski definition) is 1. The predicted octanol–water partition coefficient (Wildman–Crippen LogP) is 1.21. The van der Waals surface area contributed by atoms with Crippen LogP contribution in [0.15, 0.2) is 31.0 Å². The molecule has 10 nitrogen and oxygen atoms in total. The van der Waals surface area contributed by atoms with Crippen LogP contribution in [0.5, 0.6) is 0 Å². The standard InChI is InChI=1S/C18H24N6O2.C2HF3O2/c1-22-7-5-21-16(22)11-23-6-2-18(12-23)13-24(8-9-26-14-18)17(25)15-10-19-3-4-20-15;3-2(4,5)1(6)7/h3-5,7,10H,2,6,8-9,11-14H2,1H3;(H,6,7). The summed E-state index contributed by atoms with van der Waals surface area (Å²) in [6.07, 6.45) is 4.40. The van der Waals surface area contributed by atoms with E-state index in [1.54, 1.807) is 12.4 Å². The zero-order valence-electron chi connectivity index (χ0n) is 18.0. The van der Waals surface area contributed by atoms with Crippen molar-refractivity contribution in [2.24, 2.45) is 12.5 Å². The number of carboxylic acids is 1. The number of aromatic nitrogens is 4. The third-order valence-electron chi connectivity index (χ3n) is 5.56. The van der Waals surface area contributed by atoms with E-state index in [2.05, 4.69) is 24.4 Å². The highest BCUT2D eigenvalue weighted by atomic mass is 19.4. The van der Waals surface area contributed by atoms with Gasteiger partial charge in [-0.1, -0.05) is 0 Å². The molecular weight excluding hydrogens is 445 g/mol. The number of carboxylic acid groups (broad SMARTS) is 1. The highest BCUT2D eigenvalue weighted by Crippen LogP contribution is 2.34. The number of aryl methyl sites for hydroxylation is 1. The van der Waals surface area contributed by atoms with Crippen molar-refractivity contribution < 1.29 is 32.6 Å². The number of rotatable bonds is 3. The van der Waals surface area contributed by atoms with Gasteiger partial charge in [-0.05, 0) is 13.0 Å². The molecule has 0 aromatic carbocycles. The zero-order valence-corrected chi connectivity index (χ0v) is 18.0. The number of likely N-dealkylation sites (tertiary alicyclic amines) is 1. The lowest BCUT2D eigenvalue weighted by molar-refractivity contribution is -0.192. The summed E-state index contributed by atoms with van der Waals surface area (Å²) in [5.74, 6) is -1.76. The number of amides is 1. The second-order valence-electron chi connectivity index (χ2n) is 8.09. The maximum absolute atomic E-state index is 12.8. The molecule has 2 aliphatic rings. The van der Waals surface area contributed by atoms with Gasteiger partial charge in [-0.3, -0.25) is 14.7 Å². The van der Waals surface area contributed by atoms with Gasteiger partial charge in [0.15, 0.2) is 0 Å². The highest BCUT2D eigenvalue weighted by molar-refractivity contribution is 5.92. The Bertz CT molecular complexity index is 955. The number of nitrogens with zero attached hydrogens (tertiary/aromatic N) is 6. The average Bonchev–Trinajstić information content (AvgIpc) is 3.29. The lowest BCUT2D eigenvalue weighted by Gasteiger charge is -2.31. The summed E-state index contributed by atoms with van der Waals surface area (Å²) in [5, 5.41) is 7.12. The molecule has 1 amide bonds. The third kappa shape index (κ3) is 6.48. The first-order chi connectivity index (χ1) is 15.6. The molecule has 13 heteroatoms. The zero-order chi connectivity index (χ0) is 24.1. The smallest absolute Gasteiger partial charge is 0.475 e. The first kappa shape index (κ1) is 24.6. The molecule has 0 aliphatic carbocycles. The SMILES string of the molecule is Cn1ccnc1CN1CCC2(COCCN(C(=O)c3cnccn3)C2)C1.O=C(O)C(F)(F)F. The molecule has 1 atom stereocenters. The first-order valence-corrected chi connectivity index (χ1v) is 10.2. The van der Waals surface area contributed by atoms with Crippen molar-refractivity contribution in [1.29, 1.82) is 0 Å². The van der Waals surface area contributed by atoms with Crippen LogP contribution in [0.25, 0.3) is 0 Å². The lowest BCUT2D eigenvalue weighted by Crippen LogP contribution is -2.43. The van der Waals surface area contributed by atoms with Crippen LogP contribution in [0.4, 0.5) is 13.2 Å². The number of imidazole rings is 1. The second-order valence-corrected chi connectivity index (χ2v) is 8.09. The molecule has 2 fully saturated rings. The Hall–Kier alpha value is -3.06. The molecule has 33 heavy (non-hydrogen) atoms. The Labute approximate surface area is 188 Å². The Morgan fingerprint density at radius 2 is 1.94 bits per heavy atom. The number of halogens is 3. The lowest BCUT2D eigenvalue weighted by atomic mass is 9.87. The van der Waals surface area contributed by atoms with Gasteiger partial charge in [0.25, 0.3) is 5.91 Å². The number of carbonyl (C=O) groups excluding carboxylic acids is 1. The van der Waals surface area contributed by atoms with E-state index in [1.165, 1.54) is 6.20 Å². The van der Waals surface area contributed by atoms with Crippen molar-refractivity contribution in [2.75, 3.05) is 39.4 Å². The summed E-state index contributed by atoms with van der Waals surface area (Å²) in [6, 6.07) is 0. The van der Waals surface area contributed by atoms with E-state index in [9.17, 15) is 18.0 Å². The maximum atomic E-state index is 12.8. The van der Waals surface area contributed by atoms with Crippen LogP contribution < -0.4 is 0 Å². The van der Waals surface area contributed by atoms with E-state index in [0.717, 1.165) is 31.9 Å². The minimum absolute atomic E-state index is 0.0282. The van der Waals surface area contributed by atoms with Crippen molar-refractivity contribution >= 4 is 11.9 Å². The van der Waals surface area contributed by atoms with Gasteiger partial charge in [-0.25, -0.2) is 14.8 Å². The molecule has 1 spiro atoms. The largest absolute Gasteiger partial charge is 0.490 e. The van der Waals surface area contributed by atoms with Gasteiger partial charge in [0.05, 0.1) is 26.0 Å². The van der Waals surface area contributed by atoms with Gasteiger partial charge >= 0.3 is 12.1 Å². The second kappa shape index (κ2) is 10.3. The molecule has 180 valence electrons. The third-order valence-corrected chi connectivity index (χ3v) is 5.56. The minimum atomic E-state index is -5.08. The highest BCUT2D eigenvalue weighted by Gasteiger charge is 2.42. The molecule has 0 bridgehead atoms. The van der Waals surface area contributed by atoms with Gasteiger partial charge < -0.3 is 19.3 Å². The molecule has 0 radical (unpaired) electrons. The Balaban J connectivity index is 0.000000383. The van der Waals surface area contributed by atoms with Crippen LogP contribution in [0, 0.1) is 5.41 Å². The van der Waals surface area contributed by atoms with Gasteiger partial charge in [-0.2, -0.15) is 13.2 Å². The van der Waals surface area contributed by atoms with E-state index < -0.39 is 12.1 Å². The average molecular weight is 470 g/mol. The molecule has 2 aliphatic heterocycles. The van der Waals surface area contributed by atoms with Gasteiger partial charge in [0.1, 0.15) is 11.5 Å². The maximum Gasteiger partial charge on any atom is 0.490 e. The minimum Gasteiger partial charge on any atom is -0.475 e. The number of aliphatic carboxylic acids is 1. The molecule has 1 N–H and O–H groups in total. The fourth-order valence-corrected chi connectivity index (χ4v) is 3.90. The van der Waals surface area contributed by atoms with Crippen LogP contribution in [0.1, 0.15) is 22.7 Å². The van der Waals surface area contributed by atoms with Crippen LogP contribution >= 0.6 is 0 Å². The molecule has 0 saturated carbocycles. The van der Waals surface area contributed by atoms with Gasteiger partial charge in [0.2, 0.25) is 0 Å². The van der Waals surface area contributed by atoms with Crippen molar-refractivity contribution in [3.63, 3.8) is 0 Å². The normalized spacial score (nSPS) is 21.4. The summed E-state index contributed by atoms with van der Waals surface area (Å²) in [6.45, 7) is 5.26. The van der Waals surface area contributed by atoms with Crippen molar-refractivity contribution in [2.45, 2.75) is 19.1 Å². The summed E-state index contributed by atoms with van der Waals surface area (Å²) >= 11 is 0. The van der Waals surface area contributed by atoms with Gasteiger partial charge in [0, 0.05) is 56.9 Å². The summed E-state index contributed by atoms with van der Waals surface area (Å²) < 4.78 is 39.7. The van der Waals surface area contributed by atoms with Gasteiger partial charge in [-0.15, -0.1) is 0 Å². The predicted molar refractivity (Wildman–Crippen MR) is 108 cm³/mol. The van der Waals surface area contributed by atoms with Crippen molar-refractivity contribution in [3.8, 4) is 0 Å². The monoisotopic (exact) mass is 470 g/mol. The van der Waals surface area contributed by atoms with E-state index in [1.807, 2.05) is 24.3 Å². The summed E-state index contributed by atoms with van der Waals surface area (Å²) in [5.41, 5.74) is 0.368. The molecular formula is C20H25F3N6O4.